The molecule has 10 heavy (non-hydrogen) atoms. The summed E-state index contributed by atoms with van der Waals surface area (Å²) >= 11 is 0. The van der Waals surface area contributed by atoms with Crippen LogP contribution >= 0.6 is 0 Å². The average molecular weight is 138 g/mol. The summed E-state index contributed by atoms with van der Waals surface area (Å²) in [4.78, 5) is 0. The largest absolute Gasteiger partial charge is 0.497 e. The van der Waals surface area contributed by atoms with E-state index in [1.54, 1.807) is 6.26 Å². The maximum atomic E-state index is 5.06. The van der Waals surface area contributed by atoms with Gasteiger partial charge in [0.2, 0.25) is 0 Å². The fourth-order valence-corrected chi connectivity index (χ4v) is 0.427. The van der Waals surface area contributed by atoms with Crippen molar-refractivity contribution in [2.24, 2.45) is 0 Å². The predicted molar refractivity (Wildman–Crippen MR) is 44.7 cm³/mol. The molecule has 1 heteroatoms. The first kappa shape index (κ1) is 9.02. The summed E-state index contributed by atoms with van der Waals surface area (Å²) in [7, 11) is 0. The molecule has 56 valence electrons. The summed E-state index contributed by atoms with van der Waals surface area (Å²) in [6.07, 6.45) is 10.2. The zero-order chi connectivity index (χ0) is 7.66. The lowest BCUT2D eigenvalue weighted by Crippen LogP contribution is -1.78. The van der Waals surface area contributed by atoms with Crippen molar-refractivity contribution in [2.75, 3.05) is 6.61 Å². The lowest BCUT2D eigenvalue weighted by Gasteiger charge is -1.91. The zero-order valence-corrected chi connectivity index (χ0v) is 6.42. The molecule has 0 saturated heterocycles. The van der Waals surface area contributed by atoms with Crippen LogP contribution in [0.25, 0.3) is 0 Å². The van der Waals surface area contributed by atoms with Crippen LogP contribution in [0, 0.1) is 0 Å². The highest BCUT2D eigenvalue weighted by atomic mass is 16.5. The number of hydrogen-bond acceptors (Lipinski definition) is 1. The third-order valence-corrected chi connectivity index (χ3v) is 0.923. The molecule has 0 N–H and O–H groups in total. The van der Waals surface area contributed by atoms with Crippen molar-refractivity contribution in [1.29, 1.82) is 0 Å². The van der Waals surface area contributed by atoms with Crippen LogP contribution in [0.15, 0.2) is 37.1 Å². The molecule has 0 aliphatic heterocycles. The minimum absolute atomic E-state index is 0.657. The van der Waals surface area contributed by atoms with Crippen molar-refractivity contribution < 1.29 is 4.74 Å². The Kier molecular flexibility index (Phi) is 7.23. The topological polar surface area (TPSA) is 9.23 Å². The van der Waals surface area contributed by atoms with Gasteiger partial charge >= 0.3 is 0 Å². The van der Waals surface area contributed by atoms with Gasteiger partial charge in [0.25, 0.3) is 0 Å². The van der Waals surface area contributed by atoms with Gasteiger partial charge in [-0.2, -0.15) is 0 Å². The quantitative estimate of drug-likeness (QED) is 0.322. The molecule has 0 heterocycles. The van der Waals surface area contributed by atoms with E-state index >= 15 is 0 Å². The van der Waals surface area contributed by atoms with E-state index in [0.717, 1.165) is 6.42 Å². The molecule has 0 saturated carbocycles. The van der Waals surface area contributed by atoms with Crippen LogP contribution in [0.3, 0.4) is 0 Å². The molecule has 0 aliphatic rings. The summed E-state index contributed by atoms with van der Waals surface area (Å²) < 4.78 is 5.06. The fourth-order valence-electron chi connectivity index (χ4n) is 0.427. The van der Waals surface area contributed by atoms with E-state index in [1.165, 1.54) is 0 Å². The van der Waals surface area contributed by atoms with Gasteiger partial charge in [-0.25, -0.2) is 0 Å². The highest BCUT2D eigenvalue weighted by molar-refractivity contribution is 4.84. The van der Waals surface area contributed by atoms with Gasteiger partial charge in [-0.1, -0.05) is 18.2 Å². The van der Waals surface area contributed by atoms with Gasteiger partial charge < -0.3 is 4.74 Å². The first-order chi connectivity index (χ1) is 4.91. The molecule has 0 aromatic rings. The molecule has 1 nitrogen and oxygen atoms in total. The Morgan fingerprint density at radius 2 is 2.20 bits per heavy atom. The van der Waals surface area contributed by atoms with Crippen molar-refractivity contribution in [3.05, 3.63) is 37.1 Å². The molecule has 0 radical (unpaired) electrons. The molecule has 0 spiro atoms. The Morgan fingerprint density at radius 1 is 1.40 bits per heavy atom. The van der Waals surface area contributed by atoms with Crippen molar-refractivity contribution in [3.63, 3.8) is 0 Å². The van der Waals surface area contributed by atoms with Gasteiger partial charge in [-0.3, -0.25) is 0 Å². The zero-order valence-electron chi connectivity index (χ0n) is 6.42. The molecule has 0 unspecified atom stereocenters. The third kappa shape index (κ3) is 7.02. The van der Waals surface area contributed by atoms with Crippen LogP contribution < -0.4 is 0 Å². The maximum Gasteiger partial charge on any atom is 0.105 e. The van der Waals surface area contributed by atoms with E-state index in [1.807, 2.05) is 31.2 Å². The SMILES string of the molecule is C=CC/C=C/OC/C=C/C. The molecular weight excluding hydrogens is 124 g/mol. The van der Waals surface area contributed by atoms with Gasteiger partial charge in [0.15, 0.2) is 0 Å². The van der Waals surface area contributed by atoms with Crippen LogP contribution in [0.4, 0.5) is 0 Å². The number of ether oxygens (including phenoxy) is 1. The Morgan fingerprint density at radius 3 is 2.80 bits per heavy atom. The minimum Gasteiger partial charge on any atom is -0.497 e. The van der Waals surface area contributed by atoms with Crippen molar-refractivity contribution in [2.45, 2.75) is 13.3 Å². The van der Waals surface area contributed by atoms with E-state index in [0.29, 0.717) is 6.61 Å². The Balaban J connectivity index is 3.09. The van der Waals surface area contributed by atoms with Gasteiger partial charge in [-0.05, 0) is 19.4 Å². The molecule has 0 amide bonds. The second kappa shape index (κ2) is 8.02. The van der Waals surface area contributed by atoms with Gasteiger partial charge in [0, 0.05) is 0 Å². The van der Waals surface area contributed by atoms with Crippen LogP contribution in [0.1, 0.15) is 13.3 Å². The predicted octanol–water partition coefficient (Wildman–Crippen LogP) is 2.67. The summed E-state index contributed by atoms with van der Waals surface area (Å²) in [6, 6.07) is 0. The van der Waals surface area contributed by atoms with E-state index in [-0.39, 0.29) is 0 Å². The maximum absolute atomic E-state index is 5.06. The summed E-state index contributed by atoms with van der Waals surface area (Å²) in [6.45, 7) is 6.20. The Labute approximate surface area is 62.7 Å². The normalized spacial score (nSPS) is 10.9. The fraction of sp³-hybridized carbons (Fsp3) is 0.333. The smallest absolute Gasteiger partial charge is 0.105 e. The van der Waals surface area contributed by atoms with Gasteiger partial charge in [-0.15, -0.1) is 6.58 Å². The van der Waals surface area contributed by atoms with Crippen LogP contribution in [0.5, 0.6) is 0 Å². The molecule has 0 aromatic carbocycles. The van der Waals surface area contributed by atoms with E-state index in [4.69, 9.17) is 4.74 Å². The average Bonchev–Trinajstić information content (AvgIpc) is 1.97. The monoisotopic (exact) mass is 138 g/mol. The van der Waals surface area contributed by atoms with E-state index in [9.17, 15) is 0 Å². The van der Waals surface area contributed by atoms with Crippen LogP contribution in [-0.2, 0) is 4.74 Å². The van der Waals surface area contributed by atoms with Gasteiger partial charge in [0.1, 0.15) is 6.61 Å². The number of rotatable bonds is 5. The standard InChI is InChI=1S/C9H14O/c1-3-5-7-9-10-8-6-4-2/h3-4,6-7,9H,1,5,8H2,2H3/b6-4+,9-7+. The highest BCUT2D eigenvalue weighted by Crippen LogP contribution is 1.84. The van der Waals surface area contributed by atoms with E-state index in [2.05, 4.69) is 6.58 Å². The van der Waals surface area contributed by atoms with Crippen molar-refractivity contribution in [3.8, 4) is 0 Å². The second-order valence-corrected chi connectivity index (χ2v) is 1.80. The highest BCUT2D eigenvalue weighted by Gasteiger charge is 1.70. The van der Waals surface area contributed by atoms with Crippen LogP contribution in [0.2, 0.25) is 0 Å². The number of hydrogen-bond donors (Lipinski definition) is 0. The molecule has 0 aliphatic carbocycles. The van der Waals surface area contributed by atoms with Crippen LogP contribution in [-0.4, -0.2) is 6.61 Å². The first-order valence-electron chi connectivity index (χ1n) is 3.40. The molecule has 0 atom stereocenters. The Hall–Kier alpha value is -0.980. The molecule has 0 aromatic heterocycles. The molecule has 0 fully saturated rings. The second-order valence-electron chi connectivity index (χ2n) is 1.80. The first-order valence-corrected chi connectivity index (χ1v) is 3.40. The summed E-state index contributed by atoms with van der Waals surface area (Å²) in [5.74, 6) is 0. The lowest BCUT2D eigenvalue weighted by atomic mass is 10.4. The van der Waals surface area contributed by atoms with E-state index < -0.39 is 0 Å². The van der Waals surface area contributed by atoms with Crippen molar-refractivity contribution >= 4 is 0 Å². The van der Waals surface area contributed by atoms with Crippen molar-refractivity contribution in [1.82, 2.24) is 0 Å². The number of allylic oxidation sites excluding steroid dienone is 3. The molecule has 0 rings (SSSR count). The summed E-state index contributed by atoms with van der Waals surface area (Å²) in [5, 5.41) is 0. The van der Waals surface area contributed by atoms with Gasteiger partial charge in [0.05, 0.1) is 6.26 Å². The minimum atomic E-state index is 0.657. The molecule has 0 bridgehead atoms. The summed E-state index contributed by atoms with van der Waals surface area (Å²) in [5.41, 5.74) is 0. The lowest BCUT2D eigenvalue weighted by molar-refractivity contribution is 0.288. The third-order valence-electron chi connectivity index (χ3n) is 0.923. The Bertz CT molecular complexity index is 123. The molecular formula is C9H14O.